The number of nitrogens with one attached hydrogen (secondary N) is 2. The van der Waals surface area contributed by atoms with Crippen LogP contribution in [0.15, 0.2) is 70.8 Å². The van der Waals surface area contributed by atoms with Gasteiger partial charge < -0.3 is 5.32 Å². The van der Waals surface area contributed by atoms with E-state index >= 15 is 0 Å². The van der Waals surface area contributed by atoms with Gasteiger partial charge in [0.1, 0.15) is 0 Å². The van der Waals surface area contributed by atoms with E-state index < -0.39 is 9.85 Å². The van der Waals surface area contributed by atoms with Crippen molar-refractivity contribution in [1.29, 1.82) is 0 Å². The second-order valence-electron chi connectivity index (χ2n) is 6.17. The number of rotatable bonds is 7. The first-order valence-corrected chi connectivity index (χ1v) is 8.98. The zero-order valence-corrected chi connectivity index (χ0v) is 15.8. The molecule has 0 aromatic heterocycles. The second-order valence-corrected chi connectivity index (χ2v) is 6.17. The summed E-state index contributed by atoms with van der Waals surface area (Å²) in [7, 11) is 0. The number of nitro groups is 2. The van der Waals surface area contributed by atoms with Crippen molar-refractivity contribution in [3.63, 3.8) is 0 Å². The van der Waals surface area contributed by atoms with E-state index in [1.807, 2.05) is 0 Å². The summed E-state index contributed by atoms with van der Waals surface area (Å²) in [6.45, 7) is 1.41. The number of benzene rings is 2. The highest BCUT2D eigenvalue weighted by atomic mass is 16.6. The number of nitro benzene ring substituents is 2. The SMILES string of the molecule is O=[N+]([O-])c1ccc(C=CC(C=Cc2ccc([N+](=O)[O-])cc2)=NNC2=NCCN2)cc1. The molecule has 0 saturated heterocycles. The Kier molecular flexibility index (Phi) is 6.62. The molecule has 10 nitrogen and oxygen atoms in total. The molecule has 0 aliphatic carbocycles. The smallest absolute Gasteiger partial charge is 0.269 e. The molecule has 1 aliphatic heterocycles. The number of hydrazone groups is 1. The Bertz CT molecular complexity index is 970. The lowest BCUT2D eigenvalue weighted by molar-refractivity contribution is -0.385. The number of aliphatic imine (C=N–C) groups is 1. The Morgan fingerprint density at radius 2 is 1.43 bits per heavy atom. The van der Waals surface area contributed by atoms with Gasteiger partial charge in [-0.3, -0.25) is 20.2 Å². The maximum atomic E-state index is 10.8. The van der Waals surface area contributed by atoms with Crippen LogP contribution in [-0.2, 0) is 0 Å². The van der Waals surface area contributed by atoms with Crippen LogP contribution >= 0.6 is 0 Å². The van der Waals surface area contributed by atoms with E-state index in [2.05, 4.69) is 20.8 Å². The van der Waals surface area contributed by atoms with Gasteiger partial charge in [0.05, 0.1) is 22.1 Å². The van der Waals surface area contributed by atoms with Crippen molar-refractivity contribution >= 4 is 35.2 Å². The molecule has 2 aromatic carbocycles. The van der Waals surface area contributed by atoms with Crippen molar-refractivity contribution in [2.45, 2.75) is 0 Å². The predicted molar refractivity (Wildman–Crippen MR) is 115 cm³/mol. The van der Waals surface area contributed by atoms with Gasteiger partial charge in [0.2, 0.25) is 5.96 Å². The minimum Gasteiger partial charge on any atom is -0.353 e. The minimum atomic E-state index is -0.452. The quantitative estimate of drug-likeness (QED) is 0.412. The molecule has 0 bridgehead atoms. The van der Waals surface area contributed by atoms with Crippen LogP contribution in [0.2, 0.25) is 0 Å². The molecule has 1 heterocycles. The van der Waals surface area contributed by atoms with Gasteiger partial charge in [0.15, 0.2) is 0 Å². The Labute approximate surface area is 171 Å². The predicted octanol–water partition coefficient (Wildman–Crippen LogP) is 3.13. The molecule has 0 unspecified atom stereocenters. The van der Waals surface area contributed by atoms with Crippen LogP contribution in [0.4, 0.5) is 11.4 Å². The summed E-state index contributed by atoms with van der Waals surface area (Å²) in [6.07, 6.45) is 7.03. The molecule has 152 valence electrons. The molecule has 1 aliphatic rings. The maximum Gasteiger partial charge on any atom is 0.269 e. The maximum absolute atomic E-state index is 10.8. The average Bonchev–Trinajstić information content (AvgIpc) is 3.27. The fourth-order valence-corrected chi connectivity index (χ4v) is 2.50. The molecule has 0 atom stereocenters. The fourth-order valence-electron chi connectivity index (χ4n) is 2.50. The summed E-state index contributed by atoms with van der Waals surface area (Å²) in [5, 5.41) is 28.9. The van der Waals surface area contributed by atoms with Gasteiger partial charge in [-0.25, -0.2) is 10.4 Å². The van der Waals surface area contributed by atoms with Crippen molar-refractivity contribution in [2.24, 2.45) is 10.1 Å². The van der Waals surface area contributed by atoms with Crippen molar-refractivity contribution in [3.05, 3.63) is 92.0 Å². The van der Waals surface area contributed by atoms with Crippen molar-refractivity contribution in [1.82, 2.24) is 10.7 Å². The van der Waals surface area contributed by atoms with E-state index in [-0.39, 0.29) is 11.4 Å². The lowest BCUT2D eigenvalue weighted by Gasteiger charge is -2.01. The van der Waals surface area contributed by atoms with Crippen molar-refractivity contribution in [2.75, 3.05) is 13.1 Å². The third-order valence-corrected chi connectivity index (χ3v) is 4.07. The molecule has 2 aromatic rings. The molecule has 2 N–H and O–H groups in total. The highest BCUT2D eigenvalue weighted by Crippen LogP contribution is 2.14. The van der Waals surface area contributed by atoms with E-state index in [9.17, 15) is 20.2 Å². The topological polar surface area (TPSA) is 135 Å². The van der Waals surface area contributed by atoms with Crippen molar-refractivity contribution < 1.29 is 9.85 Å². The van der Waals surface area contributed by atoms with E-state index in [1.54, 1.807) is 48.6 Å². The van der Waals surface area contributed by atoms with Gasteiger partial charge in [0.25, 0.3) is 11.4 Å². The number of guanidine groups is 1. The van der Waals surface area contributed by atoms with Gasteiger partial charge in [-0.1, -0.05) is 12.2 Å². The third-order valence-electron chi connectivity index (χ3n) is 4.07. The monoisotopic (exact) mass is 406 g/mol. The normalized spacial score (nSPS) is 13.1. The first-order chi connectivity index (χ1) is 14.5. The summed E-state index contributed by atoms with van der Waals surface area (Å²) in [4.78, 5) is 24.8. The summed E-state index contributed by atoms with van der Waals surface area (Å²) in [6, 6.07) is 12.3. The molecule has 30 heavy (non-hydrogen) atoms. The highest BCUT2D eigenvalue weighted by Gasteiger charge is 2.05. The number of hydrogen-bond acceptors (Lipinski definition) is 8. The van der Waals surface area contributed by atoms with E-state index in [0.717, 1.165) is 17.7 Å². The van der Waals surface area contributed by atoms with E-state index in [4.69, 9.17) is 0 Å². The van der Waals surface area contributed by atoms with E-state index in [0.29, 0.717) is 18.2 Å². The first kappa shape index (κ1) is 20.4. The lowest BCUT2D eigenvalue weighted by Crippen LogP contribution is -2.30. The Morgan fingerprint density at radius 1 is 0.933 bits per heavy atom. The molecule has 0 fully saturated rings. The molecular weight excluding hydrogens is 388 g/mol. The summed E-state index contributed by atoms with van der Waals surface area (Å²) in [5.74, 6) is 0.569. The Balaban J connectivity index is 1.77. The molecule has 3 rings (SSSR count). The van der Waals surface area contributed by atoms with Gasteiger partial charge in [0, 0.05) is 30.8 Å². The molecule has 0 amide bonds. The number of allylic oxidation sites excluding steroid dienone is 2. The minimum absolute atomic E-state index is 0.0195. The lowest BCUT2D eigenvalue weighted by atomic mass is 10.1. The Hall–Kier alpha value is -4.34. The zero-order valence-electron chi connectivity index (χ0n) is 15.8. The Morgan fingerprint density at radius 3 is 1.83 bits per heavy atom. The molecule has 10 heteroatoms. The van der Waals surface area contributed by atoms with Gasteiger partial charge in [-0.2, -0.15) is 5.10 Å². The van der Waals surface area contributed by atoms with Crippen molar-refractivity contribution in [3.8, 4) is 0 Å². The molecule has 0 saturated carbocycles. The number of nitrogens with zero attached hydrogens (tertiary/aromatic N) is 4. The van der Waals surface area contributed by atoms with Crippen LogP contribution in [0.1, 0.15) is 11.1 Å². The van der Waals surface area contributed by atoms with Crippen LogP contribution < -0.4 is 10.7 Å². The first-order valence-electron chi connectivity index (χ1n) is 8.98. The standard InChI is InChI=1S/C20H18N6O4/c27-25(28)18-9-3-15(4-10-18)1-7-17(23-24-20-21-13-14-22-20)8-2-16-5-11-19(12-6-16)26(29)30/h1-12H,13-14H2,(H2,21,22,24). The largest absolute Gasteiger partial charge is 0.353 e. The zero-order chi connectivity index (χ0) is 21.3. The van der Waals surface area contributed by atoms with Crippen LogP contribution in [0.5, 0.6) is 0 Å². The highest BCUT2D eigenvalue weighted by molar-refractivity contribution is 6.09. The fraction of sp³-hybridized carbons (Fsp3) is 0.100. The molecule has 0 radical (unpaired) electrons. The van der Waals surface area contributed by atoms with Crippen LogP contribution in [0.25, 0.3) is 12.2 Å². The van der Waals surface area contributed by atoms with Gasteiger partial charge in [-0.05, 0) is 47.5 Å². The van der Waals surface area contributed by atoms with Gasteiger partial charge >= 0.3 is 0 Å². The molecule has 0 spiro atoms. The number of non-ortho nitro benzene ring substituents is 2. The van der Waals surface area contributed by atoms with E-state index in [1.165, 1.54) is 24.3 Å². The third kappa shape index (κ3) is 5.83. The summed E-state index contributed by atoms with van der Waals surface area (Å²) < 4.78 is 0. The van der Waals surface area contributed by atoms with Crippen LogP contribution in [-0.4, -0.2) is 34.6 Å². The summed E-state index contributed by atoms with van der Waals surface area (Å²) >= 11 is 0. The van der Waals surface area contributed by atoms with Gasteiger partial charge in [-0.15, -0.1) is 0 Å². The van der Waals surface area contributed by atoms with Crippen LogP contribution in [0, 0.1) is 20.2 Å². The summed E-state index contributed by atoms with van der Waals surface area (Å²) in [5.41, 5.74) is 4.99. The average molecular weight is 406 g/mol. The second kappa shape index (κ2) is 9.73. The molecular formula is C20H18N6O4. The number of hydrogen-bond donors (Lipinski definition) is 2. The van der Waals surface area contributed by atoms with Crippen LogP contribution in [0.3, 0.4) is 0 Å².